The van der Waals surface area contributed by atoms with Crippen molar-refractivity contribution in [3.05, 3.63) is 23.0 Å². The van der Waals surface area contributed by atoms with Crippen molar-refractivity contribution in [3.63, 3.8) is 0 Å². The minimum atomic E-state index is -0.719. The van der Waals surface area contributed by atoms with E-state index < -0.39 is 5.60 Å². The van der Waals surface area contributed by atoms with E-state index in [0.29, 0.717) is 23.8 Å². The molecule has 0 atom stereocenters. The lowest BCUT2D eigenvalue weighted by atomic mass is 10.0. The van der Waals surface area contributed by atoms with Gasteiger partial charge in [-0.05, 0) is 25.8 Å². The maximum absolute atomic E-state index is 12.0. The summed E-state index contributed by atoms with van der Waals surface area (Å²) in [4.78, 5) is 12.0. The zero-order valence-electron chi connectivity index (χ0n) is 10.6. The van der Waals surface area contributed by atoms with Gasteiger partial charge < -0.3 is 15.0 Å². The van der Waals surface area contributed by atoms with Crippen LogP contribution in [0.3, 0.4) is 0 Å². The summed E-state index contributed by atoms with van der Waals surface area (Å²) in [6.07, 6.45) is 5.33. The lowest BCUT2D eigenvalue weighted by molar-refractivity contribution is 0.0447. The predicted octanol–water partition coefficient (Wildman–Crippen LogP) is 2.20. The molecule has 2 rings (SSSR count). The van der Waals surface area contributed by atoms with Crippen LogP contribution >= 0.6 is 11.6 Å². The summed E-state index contributed by atoms with van der Waals surface area (Å²) >= 11 is 5.89. The van der Waals surface area contributed by atoms with Crippen LogP contribution in [-0.4, -0.2) is 27.7 Å². The molecule has 1 heterocycles. The fourth-order valence-corrected chi connectivity index (χ4v) is 2.69. The Hall–Kier alpha value is -1.00. The molecule has 1 aromatic heterocycles. The first kappa shape index (κ1) is 13.4. The van der Waals surface area contributed by atoms with E-state index in [0.717, 1.165) is 25.7 Å². The van der Waals surface area contributed by atoms with Crippen molar-refractivity contribution in [1.82, 2.24) is 9.88 Å². The van der Waals surface area contributed by atoms with Gasteiger partial charge >= 0.3 is 0 Å². The quantitative estimate of drug-likeness (QED) is 0.881. The third-order valence-corrected chi connectivity index (χ3v) is 3.76. The van der Waals surface area contributed by atoms with Gasteiger partial charge in [-0.25, -0.2) is 0 Å². The number of hydrogen-bond acceptors (Lipinski definition) is 2. The summed E-state index contributed by atoms with van der Waals surface area (Å²) in [7, 11) is 0. The second-order valence-electron chi connectivity index (χ2n) is 4.94. The second kappa shape index (κ2) is 5.33. The van der Waals surface area contributed by atoms with Crippen LogP contribution in [0.15, 0.2) is 12.3 Å². The van der Waals surface area contributed by atoms with E-state index in [4.69, 9.17) is 11.6 Å². The molecule has 0 unspecified atom stereocenters. The van der Waals surface area contributed by atoms with E-state index in [1.165, 1.54) is 0 Å². The van der Waals surface area contributed by atoms with Crippen LogP contribution in [0.1, 0.15) is 43.1 Å². The van der Waals surface area contributed by atoms with Crippen molar-refractivity contribution in [2.75, 3.05) is 6.54 Å². The molecule has 4 nitrogen and oxygen atoms in total. The standard InChI is InChI=1S/C13H19ClN2O2/c1-2-16-8-10(14)7-11(16)12(17)15-9-13(18)5-3-4-6-13/h7-8,18H,2-6,9H2,1H3,(H,15,17). The summed E-state index contributed by atoms with van der Waals surface area (Å²) in [6.45, 7) is 2.97. The first-order valence-electron chi connectivity index (χ1n) is 6.40. The Labute approximate surface area is 112 Å². The molecule has 0 radical (unpaired) electrons. The molecular weight excluding hydrogens is 252 g/mol. The van der Waals surface area contributed by atoms with Crippen molar-refractivity contribution in [2.24, 2.45) is 0 Å². The van der Waals surface area contributed by atoms with E-state index in [1.807, 2.05) is 6.92 Å². The molecule has 1 amide bonds. The average Bonchev–Trinajstić information content (AvgIpc) is 2.93. The maximum Gasteiger partial charge on any atom is 0.268 e. The highest BCUT2D eigenvalue weighted by molar-refractivity contribution is 6.31. The van der Waals surface area contributed by atoms with E-state index in [9.17, 15) is 9.90 Å². The fourth-order valence-electron chi connectivity index (χ4n) is 2.47. The van der Waals surface area contributed by atoms with Crippen LogP contribution in [0.2, 0.25) is 5.02 Å². The number of aryl methyl sites for hydroxylation is 1. The van der Waals surface area contributed by atoms with Crippen molar-refractivity contribution < 1.29 is 9.90 Å². The van der Waals surface area contributed by atoms with Crippen LogP contribution in [0.5, 0.6) is 0 Å². The lowest BCUT2D eigenvalue weighted by Crippen LogP contribution is -2.41. The van der Waals surface area contributed by atoms with Gasteiger partial charge in [0.1, 0.15) is 5.69 Å². The van der Waals surface area contributed by atoms with E-state index >= 15 is 0 Å². The number of aliphatic hydroxyl groups is 1. The third-order valence-electron chi connectivity index (χ3n) is 3.55. The molecule has 100 valence electrons. The first-order chi connectivity index (χ1) is 8.54. The summed E-state index contributed by atoms with van der Waals surface area (Å²) < 4.78 is 1.80. The lowest BCUT2D eigenvalue weighted by Gasteiger charge is -2.22. The summed E-state index contributed by atoms with van der Waals surface area (Å²) in [5.74, 6) is -0.177. The molecule has 1 saturated carbocycles. The highest BCUT2D eigenvalue weighted by Gasteiger charge is 2.31. The van der Waals surface area contributed by atoms with Crippen molar-refractivity contribution >= 4 is 17.5 Å². The molecule has 0 saturated heterocycles. The number of halogens is 1. The van der Waals surface area contributed by atoms with Gasteiger partial charge in [-0.2, -0.15) is 0 Å². The normalized spacial score (nSPS) is 17.9. The number of rotatable bonds is 4. The van der Waals surface area contributed by atoms with Gasteiger partial charge in [0.15, 0.2) is 0 Å². The minimum absolute atomic E-state index is 0.177. The topological polar surface area (TPSA) is 54.3 Å². The monoisotopic (exact) mass is 270 g/mol. The molecule has 5 heteroatoms. The van der Waals surface area contributed by atoms with Gasteiger partial charge in [0.25, 0.3) is 5.91 Å². The van der Waals surface area contributed by atoms with Crippen molar-refractivity contribution in [1.29, 1.82) is 0 Å². The van der Waals surface area contributed by atoms with Crippen LogP contribution in [0.25, 0.3) is 0 Å². The van der Waals surface area contributed by atoms with E-state index in [-0.39, 0.29) is 5.91 Å². The number of carbonyl (C=O) groups is 1. The largest absolute Gasteiger partial charge is 0.388 e. The van der Waals surface area contributed by atoms with Crippen LogP contribution < -0.4 is 5.32 Å². The molecule has 1 aromatic rings. The SMILES string of the molecule is CCn1cc(Cl)cc1C(=O)NCC1(O)CCCC1. The average molecular weight is 271 g/mol. The zero-order valence-corrected chi connectivity index (χ0v) is 11.3. The van der Waals surface area contributed by atoms with E-state index in [1.54, 1.807) is 16.8 Å². The second-order valence-corrected chi connectivity index (χ2v) is 5.38. The summed E-state index contributed by atoms with van der Waals surface area (Å²) in [6, 6.07) is 1.65. The fraction of sp³-hybridized carbons (Fsp3) is 0.615. The Balaban J connectivity index is 1.99. The molecule has 18 heavy (non-hydrogen) atoms. The Kier molecular flexibility index (Phi) is 3.97. The van der Waals surface area contributed by atoms with Crippen LogP contribution in [-0.2, 0) is 6.54 Å². The van der Waals surface area contributed by atoms with Gasteiger partial charge in [-0.3, -0.25) is 4.79 Å². The molecule has 0 aromatic carbocycles. The number of nitrogens with zero attached hydrogens (tertiary/aromatic N) is 1. The smallest absolute Gasteiger partial charge is 0.268 e. The molecule has 0 aliphatic heterocycles. The molecular formula is C13H19ClN2O2. The third kappa shape index (κ3) is 2.87. The van der Waals surface area contributed by atoms with Gasteiger partial charge in [-0.15, -0.1) is 0 Å². The van der Waals surface area contributed by atoms with Gasteiger partial charge in [0, 0.05) is 19.3 Å². The Bertz CT molecular complexity index is 436. The highest BCUT2D eigenvalue weighted by atomic mass is 35.5. The number of hydrogen-bond donors (Lipinski definition) is 2. The molecule has 1 fully saturated rings. The Morgan fingerprint density at radius 2 is 2.22 bits per heavy atom. The van der Waals surface area contributed by atoms with Crippen molar-refractivity contribution in [2.45, 2.75) is 44.8 Å². The van der Waals surface area contributed by atoms with Gasteiger partial charge in [0.05, 0.1) is 10.6 Å². The van der Waals surface area contributed by atoms with Crippen LogP contribution in [0, 0.1) is 0 Å². The van der Waals surface area contributed by atoms with Crippen LogP contribution in [0.4, 0.5) is 0 Å². The molecule has 2 N–H and O–H groups in total. The van der Waals surface area contributed by atoms with Gasteiger partial charge in [0.2, 0.25) is 0 Å². The number of nitrogens with one attached hydrogen (secondary N) is 1. The summed E-state index contributed by atoms with van der Waals surface area (Å²) in [5, 5.41) is 13.5. The molecule has 0 spiro atoms. The Morgan fingerprint density at radius 1 is 1.56 bits per heavy atom. The number of aromatic nitrogens is 1. The number of amides is 1. The molecule has 0 bridgehead atoms. The minimum Gasteiger partial charge on any atom is -0.388 e. The van der Waals surface area contributed by atoms with Gasteiger partial charge in [-0.1, -0.05) is 24.4 Å². The maximum atomic E-state index is 12.0. The predicted molar refractivity (Wildman–Crippen MR) is 70.9 cm³/mol. The van der Waals surface area contributed by atoms with Crippen molar-refractivity contribution in [3.8, 4) is 0 Å². The molecule has 1 aliphatic rings. The first-order valence-corrected chi connectivity index (χ1v) is 6.78. The highest BCUT2D eigenvalue weighted by Crippen LogP contribution is 2.28. The Morgan fingerprint density at radius 3 is 2.83 bits per heavy atom. The zero-order chi connectivity index (χ0) is 13.2. The number of carbonyl (C=O) groups excluding carboxylic acids is 1. The van der Waals surface area contributed by atoms with E-state index in [2.05, 4.69) is 5.32 Å². The molecule has 1 aliphatic carbocycles. The summed E-state index contributed by atoms with van der Waals surface area (Å²) in [5.41, 5.74) is -0.174.